The second-order valence-corrected chi connectivity index (χ2v) is 5.96. The van der Waals surface area contributed by atoms with E-state index >= 15 is 0 Å². The molecule has 0 saturated carbocycles. The number of nitrogens with zero attached hydrogens (tertiary/aromatic N) is 1. The van der Waals surface area contributed by atoms with Crippen molar-refractivity contribution in [2.45, 2.75) is 31.6 Å². The van der Waals surface area contributed by atoms with Gasteiger partial charge >= 0.3 is 6.18 Å². The van der Waals surface area contributed by atoms with Gasteiger partial charge in [-0.25, -0.2) is 0 Å². The zero-order chi connectivity index (χ0) is 17.7. The summed E-state index contributed by atoms with van der Waals surface area (Å²) in [7, 11) is 0. The van der Waals surface area contributed by atoms with E-state index in [0.717, 1.165) is 10.5 Å². The normalized spacial score (nSPS) is 20.6. The molecule has 0 radical (unpaired) electrons. The number of carbonyl (C=O) groups excluding carboxylic acids is 1. The van der Waals surface area contributed by atoms with Crippen LogP contribution in [0.4, 0.5) is 13.2 Å². The van der Waals surface area contributed by atoms with Gasteiger partial charge in [-0.3, -0.25) is 9.69 Å². The van der Waals surface area contributed by atoms with Gasteiger partial charge in [0.2, 0.25) is 5.91 Å². The molecule has 0 spiro atoms. The summed E-state index contributed by atoms with van der Waals surface area (Å²) in [6.07, 6.45) is -3.84. The number of halogens is 3. The van der Waals surface area contributed by atoms with Crippen molar-refractivity contribution in [3.8, 4) is 5.75 Å². The van der Waals surface area contributed by atoms with Crippen LogP contribution in [0.5, 0.6) is 5.75 Å². The molecule has 1 aromatic carbocycles. The summed E-state index contributed by atoms with van der Waals surface area (Å²) in [4.78, 5) is 13.4. The molecule has 1 aromatic rings. The van der Waals surface area contributed by atoms with Crippen LogP contribution >= 0.6 is 0 Å². The van der Waals surface area contributed by atoms with Crippen molar-refractivity contribution < 1.29 is 27.8 Å². The quantitative estimate of drug-likeness (QED) is 0.852. The van der Waals surface area contributed by atoms with Crippen LogP contribution in [0, 0.1) is 0 Å². The summed E-state index contributed by atoms with van der Waals surface area (Å²) in [6, 6.07) is 5.36. The highest BCUT2D eigenvalue weighted by atomic mass is 19.4. The Kier molecular flexibility index (Phi) is 6.06. The minimum absolute atomic E-state index is 0.0478. The van der Waals surface area contributed by atoms with Gasteiger partial charge in [0.15, 0.2) is 0 Å². The van der Waals surface area contributed by atoms with Crippen molar-refractivity contribution in [2.75, 3.05) is 26.3 Å². The zero-order valence-electron chi connectivity index (χ0n) is 13.3. The number of phenols is 1. The van der Waals surface area contributed by atoms with Gasteiger partial charge in [0, 0.05) is 12.6 Å². The highest BCUT2D eigenvalue weighted by molar-refractivity contribution is 5.82. The molecule has 2 N–H and O–H groups in total. The molecular weight excluding hydrogens is 325 g/mol. The minimum Gasteiger partial charge on any atom is -0.508 e. The molecule has 2 atom stereocenters. The van der Waals surface area contributed by atoms with E-state index in [9.17, 15) is 23.1 Å². The van der Waals surface area contributed by atoms with Crippen molar-refractivity contribution in [1.82, 2.24) is 10.2 Å². The predicted octanol–water partition coefficient (Wildman–Crippen LogP) is 1.70. The number of amides is 1. The standard InChI is InChI=1S/C16H21F3N2O3/c1-11(8-12-2-4-13(22)5-3-12)20-15(23)14-9-24-7-6-21(14)10-16(17,18)19/h2-5,11,14,22H,6-10H2,1H3,(H,20,23)/t11-,14-/m1/s1. The van der Waals surface area contributed by atoms with Crippen LogP contribution in [0.3, 0.4) is 0 Å². The predicted molar refractivity (Wildman–Crippen MR) is 81.7 cm³/mol. The molecule has 0 bridgehead atoms. The summed E-state index contributed by atoms with van der Waals surface area (Å²) >= 11 is 0. The van der Waals surface area contributed by atoms with E-state index in [1.807, 2.05) is 0 Å². The second-order valence-electron chi connectivity index (χ2n) is 5.96. The molecule has 1 saturated heterocycles. The lowest BCUT2D eigenvalue weighted by molar-refractivity contribution is -0.167. The van der Waals surface area contributed by atoms with E-state index in [4.69, 9.17) is 4.74 Å². The van der Waals surface area contributed by atoms with Gasteiger partial charge in [-0.15, -0.1) is 0 Å². The number of hydrogen-bond acceptors (Lipinski definition) is 4. The first-order valence-electron chi connectivity index (χ1n) is 7.71. The Bertz CT molecular complexity index is 548. The number of phenolic OH excluding ortho intramolecular Hbond substituents is 1. The molecule has 1 aliphatic rings. The summed E-state index contributed by atoms with van der Waals surface area (Å²) in [6.45, 7) is 0.865. The number of morpholine rings is 1. The largest absolute Gasteiger partial charge is 0.508 e. The molecule has 1 heterocycles. The SMILES string of the molecule is C[C@H](Cc1ccc(O)cc1)NC(=O)[C@H]1COCCN1CC(F)(F)F. The Labute approximate surface area is 138 Å². The van der Waals surface area contributed by atoms with Crippen LogP contribution < -0.4 is 5.32 Å². The average molecular weight is 346 g/mol. The van der Waals surface area contributed by atoms with Crippen molar-refractivity contribution in [3.63, 3.8) is 0 Å². The van der Waals surface area contributed by atoms with E-state index in [1.54, 1.807) is 31.2 Å². The van der Waals surface area contributed by atoms with Crippen LogP contribution in [0.1, 0.15) is 12.5 Å². The Balaban J connectivity index is 1.92. The van der Waals surface area contributed by atoms with E-state index < -0.39 is 24.7 Å². The molecule has 5 nitrogen and oxygen atoms in total. The number of alkyl halides is 3. The lowest BCUT2D eigenvalue weighted by Gasteiger charge is -2.35. The maximum atomic E-state index is 12.6. The maximum absolute atomic E-state index is 12.6. The topological polar surface area (TPSA) is 61.8 Å². The first kappa shape index (κ1) is 18.5. The summed E-state index contributed by atoms with van der Waals surface area (Å²) in [5, 5.41) is 12.0. The van der Waals surface area contributed by atoms with Crippen molar-refractivity contribution in [3.05, 3.63) is 29.8 Å². The zero-order valence-corrected chi connectivity index (χ0v) is 13.3. The molecule has 2 rings (SSSR count). The third-order valence-electron chi connectivity index (χ3n) is 3.79. The van der Waals surface area contributed by atoms with Gasteiger partial charge in [0.05, 0.1) is 19.8 Å². The molecule has 0 unspecified atom stereocenters. The summed E-state index contributed by atoms with van der Waals surface area (Å²) < 4.78 is 43.0. The number of rotatable bonds is 5. The molecule has 134 valence electrons. The third kappa shape index (κ3) is 5.68. The van der Waals surface area contributed by atoms with Crippen molar-refractivity contribution >= 4 is 5.91 Å². The number of nitrogens with one attached hydrogen (secondary N) is 1. The second kappa shape index (κ2) is 7.85. The molecule has 0 aromatic heterocycles. The van der Waals surface area contributed by atoms with E-state index in [1.165, 1.54) is 0 Å². The van der Waals surface area contributed by atoms with Gasteiger partial charge in [-0.2, -0.15) is 13.2 Å². The minimum atomic E-state index is -4.35. The first-order valence-corrected chi connectivity index (χ1v) is 7.71. The monoisotopic (exact) mass is 346 g/mol. The average Bonchev–Trinajstić information content (AvgIpc) is 2.48. The van der Waals surface area contributed by atoms with Crippen LogP contribution in [0.2, 0.25) is 0 Å². The number of benzene rings is 1. The third-order valence-corrected chi connectivity index (χ3v) is 3.79. The lowest BCUT2D eigenvalue weighted by Crippen LogP contribution is -2.57. The number of hydrogen-bond donors (Lipinski definition) is 2. The van der Waals surface area contributed by atoms with Gasteiger partial charge in [-0.1, -0.05) is 12.1 Å². The van der Waals surface area contributed by atoms with E-state index in [2.05, 4.69) is 5.32 Å². The fourth-order valence-electron chi connectivity index (χ4n) is 2.67. The molecule has 1 fully saturated rings. The van der Waals surface area contributed by atoms with Crippen molar-refractivity contribution in [1.29, 1.82) is 0 Å². The van der Waals surface area contributed by atoms with Gasteiger partial charge < -0.3 is 15.2 Å². The van der Waals surface area contributed by atoms with Gasteiger partial charge in [0.25, 0.3) is 0 Å². The Morgan fingerprint density at radius 3 is 2.71 bits per heavy atom. The Hall–Kier alpha value is -1.80. The lowest BCUT2D eigenvalue weighted by atomic mass is 10.1. The number of aromatic hydroxyl groups is 1. The number of ether oxygens (including phenoxy) is 1. The molecule has 1 amide bonds. The summed E-state index contributed by atoms with van der Waals surface area (Å²) in [5.41, 5.74) is 0.910. The molecule has 0 aliphatic carbocycles. The summed E-state index contributed by atoms with van der Waals surface area (Å²) in [5.74, 6) is -0.317. The smallest absolute Gasteiger partial charge is 0.401 e. The van der Waals surface area contributed by atoms with Crippen LogP contribution in [-0.4, -0.2) is 60.5 Å². The Morgan fingerprint density at radius 1 is 1.42 bits per heavy atom. The van der Waals surface area contributed by atoms with Crippen LogP contribution in [0.15, 0.2) is 24.3 Å². The Morgan fingerprint density at radius 2 is 2.08 bits per heavy atom. The van der Waals surface area contributed by atoms with Crippen LogP contribution in [0.25, 0.3) is 0 Å². The van der Waals surface area contributed by atoms with E-state index in [0.29, 0.717) is 6.42 Å². The van der Waals surface area contributed by atoms with Crippen molar-refractivity contribution in [2.24, 2.45) is 0 Å². The maximum Gasteiger partial charge on any atom is 0.401 e. The highest BCUT2D eigenvalue weighted by Crippen LogP contribution is 2.20. The van der Waals surface area contributed by atoms with Gasteiger partial charge in [-0.05, 0) is 31.0 Å². The van der Waals surface area contributed by atoms with E-state index in [-0.39, 0.29) is 31.5 Å². The number of carbonyl (C=O) groups is 1. The first-order chi connectivity index (χ1) is 11.2. The molecule has 1 aliphatic heterocycles. The fraction of sp³-hybridized carbons (Fsp3) is 0.562. The van der Waals surface area contributed by atoms with Gasteiger partial charge in [0.1, 0.15) is 11.8 Å². The molecule has 8 heteroatoms. The fourth-order valence-corrected chi connectivity index (χ4v) is 2.67. The molecular formula is C16H21F3N2O3. The highest BCUT2D eigenvalue weighted by Gasteiger charge is 2.38. The molecule has 24 heavy (non-hydrogen) atoms. The van der Waals surface area contributed by atoms with Crippen LogP contribution in [-0.2, 0) is 16.0 Å².